The van der Waals surface area contributed by atoms with E-state index in [1.54, 1.807) is 0 Å². The molecule has 21 heavy (non-hydrogen) atoms. The minimum Gasteiger partial charge on any atom is -0.389 e. The lowest BCUT2D eigenvalue weighted by Crippen LogP contribution is -2.29. The molecule has 0 spiro atoms. The lowest BCUT2D eigenvalue weighted by atomic mass is 10.1. The first-order valence-corrected chi connectivity index (χ1v) is 7.14. The molecule has 0 radical (unpaired) electrons. The van der Waals surface area contributed by atoms with E-state index >= 15 is 0 Å². The van der Waals surface area contributed by atoms with Crippen molar-refractivity contribution in [3.63, 3.8) is 0 Å². The molecule has 1 aromatic rings. The van der Waals surface area contributed by atoms with Gasteiger partial charge in [-0.2, -0.15) is 13.2 Å². The summed E-state index contributed by atoms with van der Waals surface area (Å²) in [7, 11) is 2.04. The molecule has 1 saturated heterocycles. The van der Waals surface area contributed by atoms with Gasteiger partial charge >= 0.3 is 6.18 Å². The van der Waals surface area contributed by atoms with Gasteiger partial charge in [0.1, 0.15) is 4.99 Å². The van der Waals surface area contributed by atoms with Crippen molar-refractivity contribution in [1.82, 2.24) is 4.90 Å². The highest BCUT2D eigenvalue weighted by molar-refractivity contribution is 7.80. The minimum atomic E-state index is -4.45. The van der Waals surface area contributed by atoms with Gasteiger partial charge in [0.2, 0.25) is 0 Å². The maximum absolute atomic E-state index is 13.0. The predicted octanol–water partition coefficient (Wildman–Crippen LogP) is 2.48. The van der Waals surface area contributed by atoms with Gasteiger partial charge in [0.15, 0.2) is 0 Å². The molecule has 0 bridgehead atoms. The predicted molar refractivity (Wildman–Crippen MR) is 81.7 cm³/mol. The van der Waals surface area contributed by atoms with Crippen LogP contribution in [-0.4, -0.2) is 43.1 Å². The Morgan fingerprint density at radius 3 is 2.52 bits per heavy atom. The van der Waals surface area contributed by atoms with Crippen molar-refractivity contribution in [3.8, 4) is 0 Å². The Morgan fingerprint density at radius 2 is 1.90 bits per heavy atom. The third-order valence-corrected chi connectivity index (χ3v) is 3.88. The molecule has 3 nitrogen and oxygen atoms in total. The average molecular weight is 317 g/mol. The highest BCUT2D eigenvalue weighted by Crippen LogP contribution is 2.34. The zero-order valence-corrected chi connectivity index (χ0v) is 12.6. The fraction of sp³-hybridized carbons (Fsp3) is 0.500. The molecule has 0 amide bonds. The molecule has 0 aromatic heterocycles. The van der Waals surface area contributed by atoms with Crippen LogP contribution in [0.2, 0.25) is 0 Å². The maximum Gasteiger partial charge on any atom is 0.417 e. The van der Waals surface area contributed by atoms with Crippen LogP contribution in [0.3, 0.4) is 0 Å². The molecule has 116 valence electrons. The molecule has 1 aliphatic rings. The van der Waals surface area contributed by atoms with E-state index in [1.165, 1.54) is 12.1 Å². The second kappa shape index (κ2) is 6.19. The lowest BCUT2D eigenvalue weighted by molar-refractivity contribution is -0.137. The molecule has 1 fully saturated rings. The van der Waals surface area contributed by atoms with Crippen LogP contribution >= 0.6 is 12.2 Å². The Balaban J connectivity index is 2.33. The van der Waals surface area contributed by atoms with Crippen molar-refractivity contribution < 1.29 is 13.2 Å². The van der Waals surface area contributed by atoms with Crippen LogP contribution in [0, 0.1) is 0 Å². The van der Waals surface area contributed by atoms with Gasteiger partial charge in [-0.3, -0.25) is 0 Å². The average Bonchev–Trinajstić information content (AvgIpc) is 2.62. The Kier molecular flexibility index (Phi) is 4.73. The van der Waals surface area contributed by atoms with Crippen LogP contribution in [-0.2, 0) is 6.18 Å². The summed E-state index contributed by atoms with van der Waals surface area (Å²) in [5.41, 5.74) is 5.33. The number of thiocarbonyl (C=S) groups is 1. The molecular weight excluding hydrogens is 299 g/mol. The number of hydrogen-bond donors (Lipinski definition) is 1. The number of nitrogens with two attached hydrogens (primary N) is 1. The maximum atomic E-state index is 13.0. The first-order valence-electron chi connectivity index (χ1n) is 6.73. The van der Waals surface area contributed by atoms with Crippen molar-refractivity contribution >= 4 is 22.9 Å². The largest absolute Gasteiger partial charge is 0.417 e. The number of anilines is 1. The molecule has 0 atom stereocenters. The Hall–Kier alpha value is -1.34. The number of rotatable bonds is 2. The molecule has 7 heteroatoms. The van der Waals surface area contributed by atoms with Crippen LogP contribution in [0.25, 0.3) is 0 Å². The molecule has 0 aliphatic carbocycles. The lowest BCUT2D eigenvalue weighted by Gasteiger charge is -2.24. The third kappa shape index (κ3) is 3.85. The fourth-order valence-corrected chi connectivity index (χ4v) is 2.65. The SMILES string of the molecule is CN1CCCN(c2ccc(C(F)(F)F)c(C(N)=S)c2)CC1. The molecule has 2 N–H and O–H groups in total. The van der Waals surface area contributed by atoms with Crippen LogP contribution in [0.1, 0.15) is 17.5 Å². The van der Waals surface area contributed by atoms with Crippen LogP contribution in [0.5, 0.6) is 0 Å². The van der Waals surface area contributed by atoms with Crippen molar-refractivity contribution in [1.29, 1.82) is 0 Å². The van der Waals surface area contributed by atoms with Gasteiger partial charge in [-0.25, -0.2) is 0 Å². The second-order valence-corrected chi connectivity index (χ2v) is 5.68. The monoisotopic (exact) mass is 317 g/mol. The standard InChI is InChI=1S/C14H18F3N3S/c1-19-5-2-6-20(8-7-19)10-3-4-12(14(15,16)17)11(9-10)13(18)21/h3-4,9H,2,5-8H2,1H3,(H2,18,21). The summed E-state index contributed by atoms with van der Waals surface area (Å²) in [4.78, 5) is 4.06. The van der Waals surface area contributed by atoms with E-state index in [2.05, 4.69) is 9.80 Å². The second-order valence-electron chi connectivity index (χ2n) is 5.24. The van der Waals surface area contributed by atoms with E-state index in [0.717, 1.165) is 44.4 Å². The summed E-state index contributed by atoms with van der Waals surface area (Å²) >= 11 is 4.78. The Bertz CT molecular complexity index is 531. The summed E-state index contributed by atoms with van der Waals surface area (Å²) in [6.45, 7) is 3.45. The first kappa shape index (κ1) is 16.0. The zero-order chi connectivity index (χ0) is 15.6. The van der Waals surface area contributed by atoms with E-state index in [0.29, 0.717) is 0 Å². The van der Waals surface area contributed by atoms with Crippen molar-refractivity contribution in [3.05, 3.63) is 29.3 Å². The van der Waals surface area contributed by atoms with Gasteiger partial charge in [0.25, 0.3) is 0 Å². The topological polar surface area (TPSA) is 32.5 Å². The van der Waals surface area contributed by atoms with Crippen molar-refractivity contribution in [2.75, 3.05) is 38.1 Å². The highest BCUT2D eigenvalue weighted by Gasteiger charge is 2.34. The van der Waals surface area contributed by atoms with E-state index in [-0.39, 0.29) is 10.6 Å². The van der Waals surface area contributed by atoms with Gasteiger partial charge in [-0.05, 0) is 38.2 Å². The zero-order valence-electron chi connectivity index (χ0n) is 11.8. The molecule has 2 rings (SSSR count). The third-order valence-electron chi connectivity index (χ3n) is 3.66. The normalized spacial score (nSPS) is 17.6. The van der Waals surface area contributed by atoms with Gasteiger partial charge in [0.05, 0.1) is 5.56 Å². The number of halogens is 3. The van der Waals surface area contributed by atoms with Crippen LogP contribution in [0.4, 0.5) is 18.9 Å². The van der Waals surface area contributed by atoms with Crippen molar-refractivity contribution in [2.45, 2.75) is 12.6 Å². The number of likely N-dealkylation sites (N-methyl/N-ethyl adjacent to an activating group) is 1. The fourth-order valence-electron chi connectivity index (χ4n) is 2.48. The van der Waals surface area contributed by atoms with Gasteiger partial charge in [0, 0.05) is 30.9 Å². The summed E-state index contributed by atoms with van der Waals surface area (Å²) < 4.78 is 38.9. The molecule has 1 aliphatic heterocycles. The smallest absolute Gasteiger partial charge is 0.389 e. The van der Waals surface area contributed by atoms with E-state index < -0.39 is 11.7 Å². The quantitative estimate of drug-likeness (QED) is 0.850. The number of alkyl halides is 3. The highest BCUT2D eigenvalue weighted by atomic mass is 32.1. The molecule has 1 heterocycles. The van der Waals surface area contributed by atoms with Gasteiger partial charge in [-0.15, -0.1) is 0 Å². The van der Waals surface area contributed by atoms with E-state index in [1.807, 2.05) is 7.05 Å². The number of nitrogens with zero attached hydrogens (tertiary/aromatic N) is 2. The minimum absolute atomic E-state index is 0.104. The Morgan fingerprint density at radius 1 is 1.19 bits per heavy atom. The molecular formula is C14H18F3N3S. The number of benzene rings is 1. The summed E-state index contributed by atoms with van der Waals surface area (Å²) in [5, 5.41) is 0. The van der Waals surface area contributed by atoms with E-state index in [4.69, 9.17) is 18.0 Å². The van der Waals surface area contributed by atoms with Gasteiger partial charge in [-0.1, -0.05) is 12.2 Å². The van der Waals surface area contributed by atoms with Gasteiger partial charge < -0.3 is 15.5 Å². The van der Waals surface area contributed by atoms with Crippen LogP contribution < -0.4 is 10.6 Å². The summed E-state index contributed by atoms with van der Waals surface area (Å²) in [6.07, 6.45) is -3.48. The Labute approximate surface area is 127 Å². The molecule has 0 saturated carbocycles. The molecule has 1 aromatic carbocycles. The summed E-state index contributed by atoms with van der Waals surface area (Å²) in [6, 6.07) is 4.02. The first-order chi connectivity index (χ1) is 9.79. The summed E-state index contributed by atoms with van der Waals surface area (Å²) in [5.74, 6) is 0. The number of hydrogen-bond acceptors (Lipinski definition) is 3. The molecule has 0 unspecified atom stereocenters. The van der Waals surface area contributed by atoms with Crippen molar-refractivity contribution in [2.24, 2.45) is 5.73 Å². The van der Waals surface area contributed by atoms with Crippen LogP contribution in [0.15, 0.2) is 18.2 Å². The van der Waals surface area contributed by atoms with E-state index in [9.17, 15) is 13.2 Å².